The first-order valence-corrected chi connectivity index (χ1v) is 6.73. The van der Waals surface area contributed by atoms with Crippen molar-refractivity contribution in [2.24, 2.45) is 0 Å². The second kappa shape index (κ2) is 5.70. The number of nitrogens with one attached hydrogen (secondary N) is 1. The fraction of sp³-hybridized carbons (Fsp3) is 0.200. The zero-order valence-electron chi connectivity index (χ0n) is 10.7. The maximum absolute atomic E-state index is 13.2. The second-order valence-electron chi connectivity index (χ2n) is 4.53. The van der Waals surface area contributed by atoms with Crippen molar-refractivity contribution in [2.75, 3.05) is 5.32 Å². The van der Waals surface area contributed by atoms with Crippen LogP contribution in [0.5, 0.6) is 0 Å². The molecule has 4 heteroatoms. The molecule has 19 heavy (non-hydrogen) atoms. The van der Waals surface area contributed by atoms with Crippen molar-refractivity contribution in [2.45, 2.75) is 19.9 Å². The normalized spacial score (nSPS) is 12.3. The lowest BCUT2D eigenvalue weighted by atomic mass is 10.1. The van der Waals surface area contributed by atoms with Gasteiger partial charge in [-0.05, 0) is 55.3 Å². The lowest BCUT2D eigenvalue weighted by molar-refractivity contribution is 0.577. The van der Waals surface area contributed by atoms with E-state index in [1.54, 1.807) is 0 Å². The maximum Gasteiger partial charge on any atom is 0.126 e. The van der Waals surface area contributed by atoms with Crippen molar-refractivity contribution in [3.63, 3.8) is 0 Å². The summed E-state index contributed by atoms with van der Waals surface area (Å²) in [5.74, 6) is -1.12. The predicted molar refractivity (Wildman–Crippen MR) is 77.3 cm³/mol. The van der Waals surface area contributed by atoms with Gasteiger partial charge in [-0.1, -0.05) is 15.9 Å². The molecule has 0 heterocycles. The Morgan fingerprint density at radius 3 is 2.26 bits per heavy atom. The van der Waals surface area contributed by atoms with E-state index in [1.165, 1.54) is 12.1 Å². The summed E-state index contributed by atoms with van der Waals surface area (Å²) in [4.78, 5) is 0. The van der Waals surface area contributed by atoms with Crippen LogP contribution in [0.2, 0.25) is 0 Å². The molecular formula is C15H14BrF2N. The van der Waals surface area contributed by atoms with Crippen LogP contribution in [0.3, 0.4) is 0 Å². The lowest BCUT2D eigenvalue weighted by Gasteiger charge is -2.18. The monoisotopic (exact) mass is 325 g/mol. The highest BCUT2D eigenvalue weighted by Gasteiger charge is 2.10. The molecule has 0 amide bonds. The van der Waals surface area contributed by atoms with Crippen LogP contribution in [0.4, 0.5) is 14.5 Å². The van der Waals surface area contributed by atoms with Gasteiger partial charge in [-0.3, -0.25) is 0 Å². The first kappa shape index (κ1) is 14.0. The average Bonchev–Trinajstić information content (AvgIpc) is 2.31. The Labute approximate surface area is 119 Å². The molecule has 2 aromatic rings. The Morgan fingerprint density at radius 1 is 1.05 bits per heavy atom. The van der Waals surface area contributed by atoms with Gasteiger partial charge in [0.15, 0.2) is 0 Å². The zero-order chi connectivity index (χ0) is 14.0. The van der Waals surface area contributed by atoms with E-state index in [4.69, 9.17) is 0 Å². The Hall–Kier alpha value is -1.42. The largest absolute Gasteiger partial charge is 0.378 e. The average molecular weight is 326 g/mol. The van der Waals surface area contributed by atoms with E-state index in [9.17, 15) is 8.78 Å². The van der Waals surface area contributed by atoms with E-state index in [1.807, 2.05) is 32.0 Å². The quantitative estimate of drug-likeness (QED) is 0.816. The van der Waals surface area contributed by atoms with Gasteiger partial charge in [-0.2, -0.15) is 0 Å². The van der Waals surface area contributed by atoms with E-state index in [2.05, 4.69) is 21.2 Å². The molecular weight excluding hydrogens is 312 g/mol. The van der Waals surface area contributed by atoms with Crippen molar-refractivity contribution >= 4 is 21.6 Å². The summed E-state index contributed by atoms with van der Waals surface area (Å²) in [7, 11) is 0. The molecule has 1 atom stereocenters. The van der Waals surface area contributed by atoms with Crippen molar-refractivity contribution in [3.05, 3.63) is 63.6 Å². The van der Waals surface area contributed by atoms with Gasteiger partial charge in [0.05, 0.1) is 0 Å². The number of benzene rings is 2. The van der Waals surface area contributed by atoms with Gasteiger partial charge < -0.3 is 5.32 Å². The maximum atomic E-state index is 13.2. The number of anilines is 1. The number of hydrogen-bond acceptors (Lipinski definition) is 1. The smallest absolute Gasteiger partial charge is 0.126 e. The van der Waals surface area contributed by atoms with Crippen LogP contribution in [0.15, 0.2) is 40.9 Å². The van der Waals surface area contributed by atoms with E-state index in [-0.39, 0.29) is 6.04 Å². The molecule has 0 radical (unpaired) electrons. The molecule has 2 aromatic carbocycles. The van der Waals surface area contributed by atoms with Gasteiger partial charge >= 0.3 is 0 Å². The van der Waals surface area contributed by atoms with Gasteiger partial charge in [0.2, 0.25) is 0 Å². The number of halogens is 3. The SMILES string of the molecule is Cc1cc(Br)ccc1NC(C)c1cc(F)cc(F)c1. The molecule has 1 N–H and O–H groups in total. The van der Waals surface area contributed by atoms with Crippen LogP contribution in [0.25, 0.3) is 0 Å². The molecule has 0 bridgehead atoms. The van der Waals surface area contributed by atoms with Crippen LogP contribution in [-0.2, 0) is 0 Å². The molecule has 0 aliphatic carbocycles. The van der Waals surface area contributed by atoms with Gasteiger partial charge in [0.25, 0.3) is 0 Å². The number of hydrogen-bond donors (Lipinski definition) is 1. The highest BCUT2D eigenvalue weighted by molar-refractivity contribution is 9.10. The minimum absolute atomic E-state index is 0.176. The Bertz CT molecular complexity index is 578. The standard InChI is InChI=1S/C15H14BrF2N/c1-9-5-12(16)3-4-15(9)19-10(2)11-6-13(17)8-14(18)7-11/h3-8,10,19H,1-2H3. The van der Waals surface area contributed by atoms with Crippen molar-refractivity contribution < 1.29 is 8.78 Å². The van der Waals surface area contributed by atoms with Crippen LogP contribution < -0.4 is 5.32 Å². The van der Waals surface area contributed by atoms with Crippen molar-refractivity contribution in [1.29, 1.82) is 0 Å². The molecule has 0 spiro atoms. The summed E-state index contributed by atoms with van der Waals surface area (Å²) in [6.45, 7) is 3.85. The van der Waals surface area contributed by atoms with E-state index < -0.39 is 11.6 Å². The molecule has 0 saturated carbocycles. The van der Waals surface area contributed by atoms with Crippen molar-refractivity contribution in [3.8, 4) is 0 Å². The summed E-state index contributed by atoms with van der Waals surface area (Å²) >= 11 is 3.40. The van der Waals surface area contributed by atoms with E-state index in [0.717, 1.165) is 21.8 Å². The fourth-order valence-electron chi connectivity index (χ4n) is 1.93. The van der Waals surface area contributed by atoms with Gasteiger partial charge in [0, 0.05) is 22.3 Å². The minimum atomic E-state index is -0.559. The molecule has 1 unspecified atom stereocenters. The summed E-state index contributed by atoms with van der Waals surface area (Å²) in [5, 5.41) is 3.25. The van der Waals surface area contributed by atoms with Gasteiger partial charge in [0.1, 0.15) is 11.6 Å². The van der Waals surface area contributed by atoms with Crippen LogP contribution in [0, 0.1) is 18.6 Å². The summed E-state index contributed by atoms with van der Waals surface area (Å²) in [6.07, 6.45) is 0. The highest BCUT2D eigenvalue weighted by atomic mass is 79.9. The molecule has 1 nitrogen and oxygen atoms in total. The third-order valence-corrected chi connectivity index (χ3v) is 3.44. The Kier molecular flexibility index (Phi) is 4.20. The highest BCUT2D eigenvalue weighted by Crippen LogP contribution is 2.25. The summed E-state index contributed by atoms with van der Waals surface area (Å²) < 4.78 is 27.4. The van der Waals surface area contributed by atoms with Gasteiger partial charge in [-0.15, -0.1) is 0 Å². The zero-order valence-corrected chi connectivity index (χ0v) is 12.3. The molecule has 0 saturated heterocycles. The summed E-state index contributed by atoms with van der Waals surface area (Å²) in [5.41, 5.74) is 2.60. The molecule has 0 aliphatic rings. The first-order chi connectivity index (χ1) is 8.95. The first-order valence-electron chi connectivity index (χ1n) is 5.94. The second-order valence-corrected chi connectivity index (χ2v) is 5.44. The van der Waals surface area contributed by atoms with E-state index >= 15 is 0 Å². The van der Waals surface area contributed by atoms with E-state index in [0.29, 0.717) is 5.56 Å². The molecule has 0 fully saturated rings. The minimum Gasteiger partial charge on any atom is -0.378 e. The van der Waals surface area contributed by atoms with Crippen LogP contribution in [0.1, 0.15) is 24.1 Å². The number of aryl methyl sites for hydroxylation is 1. The lowest BCUT2D eigenvalue weighted by Crippen LogP contribution is -2.08. The predicted octanol–water partition coefficient (Wildman–Crippen LogP) is 5.21. The third kappa shape index (κ3) is 3.53. The third-order valence-electron chi connectivity index (χ3n) is 2.95. The summed E-state index contributed by atoms with van der Waals surface area (Å²) in [6, 6.07) is 9.23. The van der Waals surface area contributed by atoms with Gasteiger partial charge in [-0.25, -0.2) is 8.78 Å². The van der Waals surface area contributed by atoms with Crippen LogP contribution in [-0.4, -0.2) is 0 Å². The number of rotatable bonds is 3. The van der Waals surface area contributed by atoms with Crippen molar-refractivity contribution in [1.82, 2.24) is 0 Å². The molecule has 0 aromatic heterocycles. The Balaban J connectivity index is 2.22. The molecule has 0 aliphatic heterocycles. The topological polar surface area (TPSA) is 12.0 Å². The van der Waals surface area contributed by atoms with Crippen LogP contribution >= 0.6 is 15.9 Å². The molecule has 100 valence electrons. The fourth-order valence-corrected chi connectivity index (χ4v) is 2.41. The molecule has 2 rings (SSSR count). The Morgan fingerprint density at radius 2 is 1.68 bits per heavy atom.